The third-order valence-electron chi connectivity index (χ3n) is 3.31. The van der Waals surface area contributed by atoms with E-state index in [9.17, 15) is 14.9 Å². The maximum Gasteiger partial charge on any atom is 0.273 e. The number of nitro groups is 1. The van der Waals surface area contributed by atoms with Gasteiger partial charge < -0.3 is 10.2 Å². The predicted molar refractivity (Wildman–Crippen MR) is 78.4 cm³/mol. The van der Waals surface area contributed by atoms with Crippen molar-refractivity contribution in [2.24, 2.45) is 0 Å². The number of aryl methyl sites for hydroxylation is 1. The number of carbonyl (C=O) groups is 1. The summed E-state index contributed by atoms with van der Waals surface area (Å²) in [5.41, 5.74) is 0.940. The Morgan fingerprint density at radius 2 is 2.20 bits per heavy atom. The van der Waals surface area contributed by atoms with Crippen molar-refractivity contribution in [3.8, 4) is 0 Å². The van der Waals surface area contributed by atoms with Crippen molar-refractivity contribution in [3.05, 3.63) is 39.4 Å². The Balaban J connectivity index is 0.00000200. The van der Waals surface area contributed by atoms with Gasteiger partial charge in [0.05, 0.1) is 4.92 Å². The maximum absolute atomic E-state index is 12.3. The zero-order chi connectivity index (χ0) is 14.0. The van der Waals surface area contributed by atoms with E-state index < -0.39 is 4.92 Å². The third kappa shape index (κ3) is 3.46. The van der Waals surface area contributed by atoms with Crippen LogP contribution in [0, 0.1) is 17.0 Å². The topological polar surface area (TPSA) is 75.5 Å². The van der Waals surface area contributed by atoms with E-state index in [1.54, 1.807) is 24.0 Å². The molecule has 2 rings (SSSR count). The number of rotatable bonds is 2. The van der Waals surface area contributed by atoms with Crippen LogP contribution in [0.5, 0.6) is 0 Å². The van der Waals surface area contributed by atoms with Gasteiger partial charge in [-0.1, -0.05) is 6.07 Å². The summed E-state index contributed by atoms with van der Waals surface area (Å²) < 4.78 is 0. The number of benzene rings is 1. The zero-order valence-corrected chi connectivity index (χ0v) is 12.3. The molecule has 1 N–H and O–H groups in total. The molecular weight excluding hydrogens is 282 g/mol. The number of hydrogen-bond donors (Lipinski definition) is 1. The van der Waals surface area contributed by atoms with Crippen LogP contribution in [-0.2, 0) is 0 Å². The lowest BCUT2D eigenvalue weighted by Gasteiger charge is -2.31. The minimum absolute atomic E-state index is 0. The fourth-order valence-electron chi connectivity index (χ4n) is 2.24. The lowest BCUT2D eigenvalue weighted by molar-refractivity contribution is -0.385. The summed E-state index contributed by atoms with van der Waals surface area (Å²) in [4.78, 5) is 24.5. The molecule has 0 saturated carbocycles. The van der Waals surface area contributed by atoms with Crippen LogP contribution < -0.4 is 5.32 Å². The second-order valence-corrected chi connectivity index (χ2v) is 4.86. The minimum atomic E-state index is -0.452. The van der Waals surface area contributed by atoms with Crippen molar-refractivity contribution in [2.45, 2.75) is 19.9 Å². The molecule has 0 aliphatic carbocycles. The normalized spacial score (nSPS) is 18.3. The highest BCUT2D eigenvalue weighted by atomic mass is 35.5. The summed E-state index contributed by atoms with van der Waals surface area (Å²) in [6.45, 7) is 5.68. The van der Waals surface area contributed by atoms with Gasteiger partial charge in [-0.05, 0) is 19.9 Å². The van der Waals surface area contributed by atoms with Crippen molar-refractivity contribution in [2.75, 3.05) is 19.6 Å². The lowest BCUT2D eigenvalue weighted by Crippen LogP contribution is -2.51. The Kier molecular flexibility index (Phi) is 5.47. The minimum Gasteiger partial charge on any atom is -0.336 e. The molecule has 20 heavy (non-hydrogen) atoms. The van der Waals surface area contributed by atoms with Crippen LogP contribution >= 0.6 is 12.4 Å². The molecule has 1 saturated heterocycles. The predicted octanol–water partition coefficient (Wildman–Crippen LogP) is 1.76. The monoisotopic (exact) mass is 299 g/mol. The molecule has 1 atom stereocenters. The maximum atomic E-state index is 12.3. The van der Waals surface area contributed by atoms with E-state index in [0.29, 0.717) is 24.2 Å². The van der Waals surface area contributed by atoms with Gasteiger partial charge in [-0.25, -0.2) is 0 Å². The fraction of sp³-hybridized carbons (Fsp3) is 0.462. The van der Waals surface area contributed by atoms with Crippen LogP contribution in [0.3, 0.4) is 0 Å². The summed E-state index contributed by atoms with van der Waals surface area (Å²) in [7, 11) is 0. The Morgan fingerprint density at radius 3 is 2.80 bits per heavy atom. The van der Waals surface area contributed by atoms with Crippen LogP contribution in [0.15, 0.2) is 18.2 Å². The van der Waals surface area contributed by atoms with E-state index >= 15 is 0 Å². The number of amides is 1. The molecule has 6 nitrogen and oxygen atoms in total. The first-order valence-corrected chi connectivity index (χ1v) is 6.26. The van der Waals surface area contributed by atoms with Crippen molar-refractivity contribution in [3.63, 3.8) is 0 Å². The van der Waals surface area contributed by atoms with Gasteiger partial charge in [0, 0.05) is 42.9 Å². The Bertz CT molecular complexity index is 522. The number of nitrogens with zero attached hydrogens (tertiary/aromatic N) is 2. The molecule has 0 radical (unpaired) electrons. The highest BCUT2D eigenvalue weighted by Crippen LogP contribution is 2.20. The average Bonchev–Trinajstić information content (AvgIpc) is 2.38. The largest absolute Gasteiger partial charge is 0.336 e. The standard InChI is InChI=1S/C13H17N3O3.ClH/c1-9-3-4-11(7-12(9)16(18)19)13(17)15-6-5-14-10(2)8-15;/h3-4,7,10,14H,5-6,8H2,1-2H3;1H. The zero-order valence-electron chi connectivity index (χ0n) is 11.5. The van der Waals surface area contributed by atoms with Crippen LogP contribution in [0.4, 0.5) is 5.69 Å². The molecule has 0 aromatic heterocycles. The van der Waals surface area contributed by atoms with Crippen LogP contribution in [0.25, 0.3) is 0 Å². The van der Waals surface area contributed by atoms with Crippen LogP contribution in [0.2, 0.25) is 0 Å². The molecule has 1 aliphatic rings. The Morgan fingerprint density at radius 1 is 1.50 bits per heavy atom. The molecule has 110 valence electrons. The average molecular weight is 300 g/mol. The summed E-state index contributed by atoms with van der Waals surface area (Å²) >= 11 is 0. The number of nitro benzene ring substituents is 1. The molecule has 7 heteroatoms. The summed E-state index contributed by atoms with van der Waals surface area (Å²) in [5, 5.41) is 14.2. The van der Waals surface area contributed by atoms with Gasteiger partial charge >= 0.3 is 0 Å². The van der Waals surface area contributed by atoms with Crippen LogP contribution in [-0.4, -0.2) is 41.4 Å². The lowest BCUT2D eigenvalue weighted by atomic mass is 10.1. The molecular formula is C13H18ClN3O3. The molecule has 1 heterocycles. The molecule has 1 amide bonds. The number of piperazine rings is 1. The van der Waals surface area contributed by atoms with Gasteiger partial charge in [0.25, 0.3) is 11.6 Å². The van der Waals surface area contributed by atoms with E-state index in [1.165, 1.54) is 6.07 Å². The number of hydrogen-bond acceptors (Lipinski definition) is 4. The number of halogens is 1. The summed E-state index contributed by atoms with van der Waals surface area (Å²) in [6, 6.07) is 4.89. The van der Waals surface area contributed by atoms with E-state index in [2.05, 4.69) is 5.32 Å². The van der Waals surface area contributed by atoms with Gasteiger partial charge in [-0.3, -0.25) is 14.9 Å². The van der Waals surface area contributed by atoms with E-state index in [-0.39, 0.29) is 30.0 Å². The molecule has 1 aromatic carbocycles. The number of carbonyl (C=O) groups excluding carboxylic acids is 1. The number of nitrogens with one attached hydrogen (secondary N) is 1. The van der Waals surface area contributed by atoms with Gasteiger partial charge in [-0.2, -0.15) is 0 Å². The van der Waals surface area contributed by atoms with Crippen molar-refractivity contribution < 1.29 is 9.72 Å². The summed E-state index contributed by atoms with van der Waals surface area (Å²) in [6.07, 6.45) is 0. The first-order valence-electron chi connectivity index (χ1n) is 6.26. The van der Waals surface area contributed by atoms with Gasteiger partial charge in [0.1, 0.15) is 0 Å². The second kappa shape index (κ2) is 6.67. The SMILES string of the molecule is Cc1ccc(C(=O)N2CCNC(C)C2)cc1[N+](=O)[O-].Cl. The van der Waals surface area contributed by atoms with E-state index in [1.807, 2.05) is 6.92 Å². The first kappa shape index (κ1) is 16.4. The molecule has 1 aromatic rings. The second-order valence-electron chi connectivity index (χ2n) is 4.86. The smallest absolute Gasteiger partial charge is 0.273 e. The first-order chi connectivity index (χ1) is 8.99. The third-order valence-corrected chi connectivity index (χ3v) is 3.31. The van der Waals surface area contributed by atoms with Crippen molar-refractivity contribution >= 4 is 24.0 Å². The molecule has 1 fully saturated rings. The highest BCUT2D eigenvalue weighted by molar-refractivity contribution is 5.95. The van der Waals surface area contributed by atoms with Crippen molar-refractivity contribution in [1.29, 1.82) is 0 Å². The van der Waals surface area contributed by atoms with Gasteiger partial charge in [-0.15, -0.1) is 12.4 Å². The molecule has 1 unspecified atom stereocenters. The van der Waals surface area contributed by atoms with Gasteiger partial charge in [0.15, 0.2) is 0 Å². The molecule has 0 spiro atoms. The van der Waals surface area contributed by atoms with Crippen LogP contribution in [0.1, 0.15) is 22.8 Å². The van der Waals surface area contributed by atoms with E-state index in [4.69, 9.17) is 0 Å². The molecule has 1 aliphatic heterocycles. The van der Waals surface area contributed by atoms with Crippen molar-refractivity contribution in [1.82, 2.24) is 10.2 Å². The Hall–Kier alpha value is -1.66. The quantitative estimate of drug-likeness (QED) is 0.667. The molecule has 0 bridgehead atoms. The van der Waals surface area contributed by atoms with Gasteiger partial charge in [0.2, 0.25) is 0 Å². The van der Waals surface area contributed by atoms with E-state index in [0.717, 1.165) is 6.54 Å². The summed E-state index contributed by atoms with van der Waals surface area (Å²) in [5.74, 6) is -0.142. The highest BCUT2D eigenvalue weighted by Gasteiger charge is 2.23. The Labute approximate surface area is 123 Å². The fourth-order valence-corrected chi connectivity index (χ4v) is 2.24.